The molecule has 1 aromatic carbocycles. The molecule has 1 unspecified atom stereocenters. The highest BCUT2D eigenvalue weighted by Crippen LogP contribution is 2.23. The van der Waals surface area contributed by atoms with Gasteiger partial charge in [0.2, 0.25) is 0 Å². The van der Waals surface area contributed by atoms with E-state index in [2.05, 4.69) is 5.32 Å². The van der Waals surface area contributed by atoms with E-state index in [0.29, 0.717) is 30.2 Å². The molecule has 1 rings (SSSR count). The van der Waals surface area contributed by atoms with Gasteiger partial charge in [0.25, 0.3) is 5.91 Å². The van der Waals surface area contributed by atoms with Crippen LogP contribution in [-0.4, -0.2) is 32.3 Å². The molecule has 0 saturated carbocycles. The van der Waals surface area contributed by atoms with Crippen molar-refractivity contribution in [2.45, 2.75) is 13.0 Å². The molecule has 3 N–H and O–H groups in total. The molecule has 1 amide bonds. The normalized spacial score (nSPS) is 11.4. The van der Waals surface area contributed by atoms with Gasteiger partial charge in [-0.1, -0.05) is 0 Å². The first kappa shape index (κ1) is 14.8. The number of hydrogen-bond donors (Lipinski definition) is 2. The number of anilines is 1. The second kappa shape index (κ2) is 7.24. The lowest BCUT2D eigenvalue weighted by Crippen LogP contribution is -2.38. The van der Waals surface area contributed by atoms with Crippen LogP contribution in [0.5, 0.6) is 5.75 Å². The number of nitrogens with zero attached hydrogens (tertiary/aromatic N) is 1. The van der Waals surface area contributed by atoms with Crippen molar-refractivity contribution in [1.29, 1.82) is 5.26 Å². The van der Waals surface area contributed by atoms with Gasteiger partial charge < -0.3 is 20.5 Å². The second-order valence-electron chi connectivity index (χ2n) is 3.91. The van der Waals surface area contributed by atoms with Crippen LogP contribution in [0.25, 0.3) is 0 Å². The number of rotatable bonds is 6. The molecule has 0 bridgehead atoms. The van der Waals surface area contributed by atoms with Crippen LogP contribution in [-0.2, 0) is 9.53 Å². The maximum Gasteiger partial charge on any atom is 0.260 e. The van der Waals surface area contributed by atoms with Crippen LogP contribution in [0.1, 0.15) is 12.5 Å². The summed E-state index contributed by atoms with van der Waals surface area (Å²) < 4.78 is 10.3. The van der Waals surface area contributed by atoms with Crippen LogP contribution in [0.15, 0.2) is 18.2 Å². The fourth-order valence-electron chi connectivity index (χ4n) is 1.39. The third kappa shape index (κ3) is 4.48. The van der Waals surface area contributed by atoms with Crippen molar-refractivity contribution >= 4 is 11.6 Å². The van der Waals surface area contributed by atoms with Gasteiger partial charge in [-0.15, -0.1) is 0 Å². The van der Waals surface area contributed by atoms with Crippen molar-refractivity contribution < 1.29 is 14.3 Å². The monoisotopic (exact) mass is 263 g/mol. The Bertz CT molecular complexity index is 483. The molecule has 0 spiro atoms. The van der Waals surface area contributed by atoms with Crippen LogP contribution in [0.2, 0.25) is 0 Å². The van der Waals surface area contributed by atoms with Crippen molar-refractivity contribution in [3.8, 4) is 11.8 Å². The number of ether oxygens (including phenoxy) is 2. The maximum atomic E-state index is 11.7. The summed E-state index contributed by atoms with van der Waals surface area (Å²) in [6.45, 7) is 2.49. The van der Waals surface area contributed by atoms with Crippen molar-refractivity contribution in [3.05, 3.63) is 23.8 Å². The van der Waals surface area contributed by atoms with E-state index < -0.39 is 6.10 Å². The predicted octanol–water partition coefficient (Wildman–Crippen LogP) is 0.670. The Balaban J connectivity index is 2.59. The topological polar surface area (TPSA) is 97.4 Å². The fourth-order valence-corrected chi connectivity index (χ4v) is 1.39. The van der Waals surface area contributed by atoms with Crippen molar-refractivity contribution in [1.82, 2.24) is 5.32 Å². The number of nitrogens with one attached hydrogen (secondary N) is 1. The van der Waals surface area contributed by atoms with E-state index in [-0.39, 0.29) is 5.91 Å². The predicted molar refractivity (Wildman–Crippen MR) is 70.5 cm³/mol. The number of nitrogen functional groups attached to an aromatic ring is 1. The minimum Gasteiger partial charge on any atom is -0.479 e. The fraction of sp³-hybridized carbons (Fsp3) is 0.385. The van der Waals surface area contributed by atoms with E-state index in [1.165, 1.54) is 6.07 Å². The number of carbonyl (C=O) groups is 1. The molecule has 0 aromatic heterocycles. The molecule has 0 aliphatic carbocycles. The zero-order valence-electron chi connectivity index (χ0n) is 11.0. The zero-order chi connectivity index (χ0) is 14.3. The van der Waals surface area contributed by atoms with Crippen LogP contribution in [0.3, 0.4) is 0 Å². The highest BCUT2D eigenvalue weighted by molar-refractivity contribution is 5.80. The van der Waals surface area contributed by atoms with Crippen molar-refractivity contribution in [2.75, 3.05) is 26.0 Å². The number of amides is 1. The molecular formula is C13H17N3O3. The Morgan fingerprint density at radius 1 is 1.58 bits per heavy atom. The molecule has 0 heterocycles. The summed E-state index contributed by atoms with van der Waals surface area (Å²) in [6, 6.07) is 6.64. The van der Waals surface area contributed by atoms with E-state index in [1.54, 1.807) is 26.2 Å². The summed E-state index contributed by atoms with van der Waals surface area (Å²) in [7, 11) is 1.56. The number of nitrogens with two attached hydrogens (primary N) is 1. The minimum atomic E-state index is -0.674. The first-order valence-electron chi connectivity index (χ1n) is 5.81. The molecule has 1 atom stereocenters. The lowest BCUT2D eigenvalue weighted by Gasteiger charge is -2.16. The summed E-state index contributed by atoms with van der Waals surface area (Å²) in [5, 5.41) is 11.4. The lowest BCUT2D eigenvalue weighted by atomic mass is 10.2. The van der Waals surface area contributed by atoms with E-state index in [9.17, 15) is 4.79 Å². The average molecular weight is 263 g/mol. The average Bonchev–Trinajstić information content (AvgIpc) is 2.41. The molecule has 1 aromatic rings. The van der Waals surface area contributed by atoms with Gasteiger partial charge in [0, 0.05) is 13.7 Å². The number of benzene rings is 1. The van der Waals surface area contributed by atoms with E-state index >= 15 is 0 Å². The molecular weight excluding hydrogens is 246 g/mol. The molecule has 6 heteroatoms. The van der Waals surface area contributed by atoms with E-state index in [4.69, 9.17) is 20.5 Å². The van der Waals surface area contributed by atoms with Gasteiger partial charge in [-0.05, 0) is 25.1 Å². The van der Waals surface area contributed by atoms with E-state index in [1.807, 2.05) is 6.07 Å². The number of methoxy groups -OCH3 is 1. The number of hydrogen-bond acceptors (Lipinski definition) is 5. The standard InChI is InChI=1S/C13H17N3O3/c1-9(13(17)16-5-6-18-2)19-12-4-3-10(8-14)7-11(12)15/h3-4,7,9H,5-6,15H2,1-2H3,(H,16,17). The number of nitriles is 1. The van der Waals surface area contributed by atoms with E-state index in [0.717, 1.165) is 0 Å². The molecule has 0 aliphatic rings. The molecule has 0 fully saturated rings. The molecule has 0 aliphatic heterocycles. The van der Waals surface area contributed by atoms with Crippen LogP contribution in [0.4, 0.5) is 5.69 Å². The molecule has 6 nitrogen and oxygen atoms in total. The van der Waals surface area contributed by atoms with Crippen LogP contribution < -0.4 is 15.8 Å². The maximum absolute atomic E-state index is 11.7. The highest BCUT2D eigenvalue weighted by Gasteiger charge is 2.15. The zero-order valence-corrected chi connectivity index (χ0v) is 11.0. The lowest BCUT2D eigenvalue weighted by molar-refractivity contribution is -0.127. The largest absolute Gasteiger partial charge is 0.479 e. The first-order chi connectivity index (χ1) is 9.08. The molecule has 0 saturated heterocycles. The van der Waals surface area contributed by atoms with Crippen molar-refractivity contribution in [2.24, 2.45) is 0 Å². The Kier molecular flexibility index (Phi) is 5.64. The van der Waals surface area contributed by atoms with Crippen LogP contribution in [0, 0.1) is 11.3 Å². The summed E-state index contributed by atoms with van der Waals surface area (Å²) >= 11 is 0. The summed E-state index contributed by atoms with van der Waals surface area (Å²) in [5.74, 6) is 0.134. The summed E-state index contributed by atoms with van der Waals surface area (Å²) in [4.78, 5) is 11.7. The quantitative estimate of drug-likeness (QED) is 0.580. The minimum absolute atomic E-state index is 0.249. The summed E-state index contributed by atoms with van der Waals surface area (Å²) in [6.07, 6.45) is -0.674. The van der Waals surface area contributed by atoms with Gasteiger partial charge in [-0.3, -0.25) is 4.79 Å². The Morgan fingerprint density at radius 3 is 2.89 bits per heavy atom. The van der Waals surface area contributed by atoms with Gasteiger partial charge in [0.05, 0.1) is 23.9 Å². The molecule has 102 valence electrons. The van der Waals surface area contributed by atoms with Gasteiger partial charge >= 0.3 is 0 Å². The highest BCUT2D eigenvalue weighted by atomic mass is 16.5. The Morgan fingerprint density at radius 2 is 2.32 bits per heavy atom. The third-order valence-corrected chi connectivity index (χ3v) is 2.42. The van der Waals surface area contributed by atoms with Gasteiger partial charge in [-0.2, -0.15) is 5.26 Å². The van der Waals surface area contributed by atoms with Gasteiger partial charge in [0.15, 0.2) is 6.10 Å². The number of carbonyl (C=O) groups excluding carboxylic acids is 1. The first-order valence-corrected chi connectivity index (χ1v) is 5.81. The Hall–Kier alpha value is -2.26. The van der Waals surface area contributed by atoms with Crippen molar-refractivity contribution in [3.63, 3.8) is 0 Å². The molecule has 0 radical (unpaired) electrons. The van der Waals surface area contributed by atoms with Gasteiger partial charge in [-0.25, -0.2) is 0 Å². The van der Waals surface area contributed by atoms with Crippen LogP contribution >= 0.6 is 0 Å². The SMILES string of the molecule is COCCNC(=O)C(C)Oc1ccc(C#N)cc1N. The summed E-state index contributed by atoms with van der Waals surface area (Å²) in [5.41, 5.74) is 6.51. The Labute approximate surface area is 112 Å². The second-order valence-corrected chi connectivity index (χ2v) is 3.91. The third-order valence-electron chi connectivity index (χ3n) is 2.42. The van der Waals surface area contributed by atoms with Gasteiger partial charge in [0.1, 0.15) is 5.75 Å². The smallest absolute Gasteiger partial charge is 0.260 e. The molecule has 19 heavy (non-hydrogen) atoms.